The third-order valence-corrected chi connectivity index (χ3v) is 4.88. The van der Waals surface area contributed by atoms with Gasteiger partial charge in [-0.1, -0.05) is 30.3 Å². The predicted octanol–water partition coefficient (Wildman–Crippen LogP) is 3.91. The molecule has 0 bridgehead atoms. The predicted molar refractivity (Wildman–Crippen MR) is 112 cm³/mol. The fourth-order valence-electron chi connectivity index (χ4n) is 3.26. The van der Waals surface area contributed by atoms with Crippen LogP contribution in [-0.2, 0) is 17.8 Å². The second-order valence-electron chi connectivity index (χ2n) is 7.18. The van der Waals surface area contributed by atoms with E-state index in [0.29, 0.717) is 30.7 Å². The summed E-state index contributed by atoms with van der Waals surface area (Å²) >= 11 is 0. The summed E-state index contributed by atoms with van der Waals surface area (Å²) in [4.78, 5) is 30.0. The average molecular weight is 378 g/mol. The van der Waals surface area contributed by atoms with Crippen LogP contribution in [0.2, 0.25) is 0 Å². The standard InChI is InChI=1S/C23H26N2O3/c1-16(2)25(15-17-7-5-4-6-8-17)22(26)12-10-19-13-18-9-11-20(28-3)14-21(18)24-23(19)27/h4-9,11,13-14,16H,10,12,15H2,1-3H3,(H,24,27). The van der Waals surface area contributed by atoms with Gasteiger partial charge in [-0.05, 0) is 49.4 Å². The number of H-pyrrole nitrogens is 1. The Morgan fingerprint density at radius 1 is 1.11 bits per heavy atom. The molecule has 0 aliphatic rings. The number of nitrogens with zero attached hydrogens (tertiary/aromatic N) is 1. The maximum absolute atomic E-state index is 12.8. The fraction of sp³-hybridized carbons (Fsp3) is 0.304. The van der Waals surface area contributed by atoms with Crippen molar-refractivity contribution in [3.05, 3.63) is 76.1 Å². The highest BCUT2D eigenvalue weighted by Gasteiger charge is 2.18. The van der Waals surface area contributed by atoms with E-state index >= 15 is 0 Å². The lowest BCUT2D eigenvalue weighted by Crippen LogP contribution is -2.36. The Balaban J connectivity index is 1.73. The van der Waals surface area contributed by atoms with Gasteiger partial charge in [0.2, 0.25) is 5.91 Å². The first-order valence-corrected chi connectivity index (χ1v) is 9.51. The van der Waals surface area contributed by atoms with Gasteiger partial charge in [0.05, 0.1) is 12.6 Å². The van der Waals surface area contributed by atoms with E-state index in [-0.39, 0.29) is 17.5 Å². The van der Waals surface area contributed by atoms with Crippen molar-refractivity contribution in [3.8, 4) is 5.75 Å². The Bertz CT molecular complexity index is 1010. The minimum Gasteiger partial charge on any atom is -0.497 e. The van der Waals surface area contributed by atoms with Crippen LogP contribution < -0.4 is 10.3 Å². The van der Waals surface area contributed by atoms with Gasteiger partial charge in [-0.2, -0.15) is 0 Å². The number of carbonyl (C=O) groups is 1. The zero-order chi connectivity index (χ0) is 20.1. The molecule has 0 spiro atoms. The number of fused-ring (bicyclic) bond motifs is 1. The van der Waals surface area contributed by atoms with Crippen molar-refractivity contribution in [1.29, 1.82) is 0 Å². The lowest BCUT2D eigenvalue weighted by molar-refractivity contribution is -0.133. The highest BCUT2D eigenvalue weighted by molar-refractivity contribution is 5.81. The summed E-state index contributed by atoms with van der Waals surface area (Å²) < 4.78 is 5.20. The number of hydrogen-bond acceptors (Lipinski definition) is 3. The summed E-state index contributed by atoms with van der Waals surface area (Å²) in [6, 6.07) is 17.5. The van der Waals surface area contributed by atoms with E-state index in [2.05, 4.69) is 4.98 Å². The third kappa shape index (κ3) is 4.60. The van der Waals surface area contributed by atoms with E-state index < -0.39 is 0 Å². The third-order valence-electron chi connectivity index (χ3n) is 4.88. The van der Waals surface area contributed by atoms with Crippen LogP contribution in [0, 0.1) is 0 Å². The number of aryl methyl sites for hydroxylation is 1. The highest BCUT2D eigenvalue weighted by Crippen LogP contribution is 2.19. The van der Waals surface area contributed by atoms with Crippen LogP contribution in [0.15, 0.2) is 59.4 Å². The van der Waals surface area contributed by atoms with Crippen LogP contribution in [0.5, 0.6) is 5.75 Å². The number of benzene rings is 2. The van der Waals surface area contributed by atoms with Gasteiger partial charge in [-0.15, -0.1) is 0 Å². The molecule has 1 heterocycles. The number of methoxy groups -OCH3 is 1. The molecule has 0 aliphatic carbocycles. The molecule has 0 atom stereocenters. The van der Waals surface area contributed by atoms with Crippen molar-refractivity contribution in [3.63, 3.8) is 0 Å². The lowest BCUT2D eigenvalue weighted by Gasteiger charge is -2.27. The van der Waals surface area contributed by atoms with Crippen LogP contribution in [0.1, 0.15) is 31.4 Å². The summed E-state index contributed by atoms with van der Waals surface area (Å²) in [5.41, 5.74) is 2.29. The number of aromatic nitrogens is 1. The van der Waals surface area contributed by atoms with Gasteiger partial charge in [-0.3, -0.25) is 9.59 Å². The summed E-state index contributed by atoms with van der Waals surface area (Å²) in [5.74, 6) is 0.743. The molecule has 146 valence electrons. The Labute approximate surface area is 165 Å². The molecule has 5 nitrogen and oxygen atoms in total. The highest BCUT2D eigenvalue weighted by atomic mass is 16.5. The van der Waals surface area contributed by atoms with Gasteiger partial charge in [0, 0.05) is 30.6 Å². The van der Waals surface area contributed by atoms with Crippen LogP contribution in [-0.4, -0.2) is 28.9 Å². The number of ether oxygens (including phenoxy) is 1. The van der Waals surface area contributed by atoms with Crippen molar-refractivity contribution >= 4 is 16.8 Å². The molecule has 2 aromatic carbocycles. The molecule has 1 amide bonds. The summed E-state index contributed by atoms with van der Waals surface area (Å²) in [6.07, 6.45) is 0.712. The molecule has 5 heteroatoms. The first kappa shape index (κ1) is 19.7. The largest absolute Gasteiger partial charge is 0.497 e. The number of rotatable bonds is 7. The number of carbonyl (C=O) groups excluding carboxylic acids is 1. The van der Waals surface area contributed by atoms with Gasteiger partial charge in [0.1, 0.15) is 5.75 Å². The minimum atomic E-state index is -0.160. The molecule has 3 rings (SSSR count). The Morgan fingerprint density at radius 2 is 1.86 bits per heavy atom. The van der Waals surface area contributed by atoms with Crippen molar-refractivity contribution in [2.75, 3.05) is 7.11 Å². The average Bonchev–Trinajstić information content (AvgIpc) is 2.70. The zero-order valence-electron chi connectivity index (χ0n) is 16.6. The summed E-state index contributed by atoms with van der Waals surface area (Å²) in [6.45, 7) is 4.60. The molecule has 3 aromatic rings. The van der Waals surface area contributed by atoms with E-state index in [1.54, 1.807) is 13.2 Å². The van der Waals surface area contributed by atoms with Crippen LogP contribution in [0.25, 0.3) is 10.9 Å². The maximum Gasteiger partial charge on any atom is 0.251 e. The molecule has 0 unspecified atom stereocenters. The Hall–Kier alpha value is -3.08. The maximum atomic E-state index is 12.8. The van der Waals surface area contributed by atoms with E-state index in [1.807, 2.05) is 67.3 Å². The van der Waals surface area contributed by atoms with Gasteiger partial charge >= 0.3 is 0 Å². The second-order valence-corrected chi connectivity index (χ2v) is 7.18. The molecule has 1 aromatic heterocycles. The first-order valence-electron chi connectivity index (χ1n) is 9.51. The van der Waals surface area contributed by atoms with Crippen LogP contribution in [0.4, 0.5) is 0 Å². The Morgan fingerprint density at radius 3 is 2.54 bits per heavy atom. The van der Waals surface area contributed by atoms with Gasteiger partial charge < -0.3 is 14.6 Å². The van der Waals surface area contributed by atoms with E-state index in [0.717, 1.165) is 16.5 Å². The van der Waals surface area contributed by atoms with Crippen LogP contribution in [0.3, 0.4) is 0 Å². The molecule has 0 radical (unpaired) electrons. The molecule has 0 fully saturated rings. The van der Waals surface area contributed by atoms with Crippen molar-refractivity contribution in [2.24, 2.45) is 0 Å². The molecule has 28 heavy (non-hydrogen) atoms. The molecular formula is C23H26N2O3. The topological polar surface area (TPSA) is 62.4 Å². The van der Waals surface area contributed by atoms with E-state index in [4.69, 9.17) is 4.74 Å². The number of hydrogen-bond donors (Lipinski definition) is 1. The Kier molecular flexibility index (Phi) is 6.14. The normalized spacial score (nSPS) is 11.0. The molecular weight excluding hydrogens is 352 g/mol. The smallest absolute Gasteiger partial charge is 0.251 e. The van der Waals surface area contributed by atoms with Gasteiger partial charge in [0.15, 0.2) is 0 Å². The minimum absolute atomic E-state index is 0.0491. The molecule has 0 saturated heterocycles. The van der Waals surface area contributed by atoms with E-state index in [9.17, 15) is 9.59 Å². The summed E-state index contributed by atoms with van der Waals surface area (Å²) in [7, 11) is 1.59. The lowest BCUT2D eigenvalue weighted by atomic mass is 10.1. The fourth-order valence-corrected chi connectivity index (χ4v) is 3.26. The number of amides is 1. The summed E-state index contributed by atoms with van der Waals surface area (Å²) in [5, 5.41) is 0.924. The molecule has 0 saturated carbocycles. The zero-order valence-corrected chi connectivity index (χ0v) is 16.6. The number of nitrogens with one attached hydrogen (secondary N) is 1. The second kappa shape index (κ2) is 8.74. The van der Waals surface area contributed by atoms with Crippen molar-refractivity contribution in [1.82, 2.24) is 9.88 Å². The van der Waals surface area contributed by atoms with Gasteiger partial charge in [0.25, 0.3) is 5.56 Å². The monoisotopic (exact) mass is 378 g/mol. The molecule has 0 aliphatic heterocycles. The number of aromatic amines is 1. The van der Waals surface area contributed by atoms with Crippen LogP contribution >= 0.6 is 0 Å². The van der Waals surface area contributed by atoms with Crippen molar-refractivity contribution in [2.45, 2.75) is 39.3 Å². The van der Waals surface area contributed by atoms with Crippen molar-refractivity contribution < 1.29 is 9.53 Å². The SMILES string of the molecule is COc1ccc2cc(CCC(=O)N(Cc3ccccc3)C(C)C)c(=O)[nH]c2c1. The van der Waals surface area contributed by atoms with E-state index in [1.165, 1.54) is 0 Å². The van der Waals surface area contributed by atoms with Gasteiger partial charge in [-0.25, -0.2) is 0 Å². The quantitative estimate of drug-likeness (QED) is 0.678. The molecule has 1 N–H and O–H groups in total. The first-order chi connectivity index (χ1) is 13.5. The number of pyridine rings is 1.